The molecule has 2 aromatic rings. The topological polar surface area (TPSA) is 38.1 Å². The van der Waals surface area contributed by atoms with Gasteiger partial charge in [0.1, 0.15) is 0 Å². The third-order valence-corrected chi connectivity index (χ3v) is 6.27. The molecular weight excluding hydrogens is 358 g/mol. The first-order chi connectivity index (χ1) is 14.0. The molecule has 3 rings (SSSR count). The number of likely N-dealkylation sites (tertiary alicyclic amines) is 1. The lowest BCUT2D eigenvalue weighted by Gasteiger charge is -2.31. The first-order valence-corrected chi connectivity index (χ1v) is 11.4. The highest BCUT2D eigenvalue weighted by atomic mass is 16.1. The molecule has 4 nitrogen and oxygen atoms in total. The molecule has 29 heavy (non-hydrogen) atoms. The second-order valence-corrected chi connectivity index (χ2v) is 9.00. The smallest absolute Gasteiger partial charge is 0.159 e. The number of benzene rings is 1. The van der Waals surface area contributed by atoms with Gasteiger partial charge in [-0.25, -0.2) is 0 Å². The Bertz CT molecular complexity index is 755. The van der Waals surface area contributed by atoms with Gasteiger partial charge in [-0.3, -0.25) is 9.48 Å². The third kappa shape index (κ3) is 6.81. The van der Waals surface area contributed by atoms with Gasteiger partial charge >= 0.3 is 0 Å². The number of hydrogen-bond donors (Lipinski definition) is 0. The summed E-state index contributed by atoms with van der Waals surface area (Å²) in [4.78, 5) is 14.0. The molecule has 0 atom stereocenters. The van der Waals surface area contributed by atoms with Crippen molar-refractivity contribution in [1.82, 2.24) is 14.7 Å². The Morgan fingerprint density at radius 3 is 2.45 bits per heavy atom. The van der Waals surface area contributed by atoms with E-state index in [1.807, 2.05) is 18.3 Å². The lowest BCUT2D eigenvalue weighted by atomic mass is 9.96. The molecule has 158 valence electrons. The van der Waals surface area contributed by atoms with Crippen LogP contribution in [0.25, 0.3) is 0 Å². The first kappa shape index (κ1) is 21.8. The highest BCUT2D eigenvalue weighted by Gasteiger charge is 2.19. The van der Waals surface area contributed by atoms with Gasteiger partial charge in [-0.1, -0.05) is 44.5 Å². The molecule has 0 aliphatic carbocycles. The van der Waals surface area contributed by atoms with Crippen molar-refractivity contribution >= 4 is 5.78 Å². The Morgan fingerprint density at radius 2 is 1.83 bits per heavy atom. The van der Waals surface area contributed by atoms with Crippen molar-refractivity contribution in [1.29, 1.82) is 0 Å². The van der Waals surface area contributed by atoms with Gasteiger partial charge in [0.2, 0.25) is 0 Å². The summed E-state index contributed by atoms with van der Waals surface area (Å²) in [6.45, 7) is 10.8. The first-order valence-electron chi connectivity index (χ1n) is 11.4. The maximum absolute atomic E-state index is 11.3. The number of ketones is 1. The van der Waals surface area contributed by atoms with Crippen LogP contribution in [0.1, 0.15) is 80.3 Å². The van der Waals surface area contributed by atoms with Crippen LogP contribution in [0.4, 0.5) is 0 Å². The lowest BCUT2D eigenvalue weighted by Crippen LogP contribution is -2.35. The van der Waals surface area contributed by atoms with Crippen molar-refractivity contribution in [2.75, 3.05) is 19.6 Å². The van der Waals surface area contributed by atoms with Gasteiger partial charge in [-0.15, -0.1) is 0 Å². The van der Waals surface area contributed by atoms with E-state index in [-0.39, 0.29) is 5.78 Å². The quantitative estimate of drug-likeness (QED) is 0.403. The molecule has 1 aliphatic rings. The predicted octanol–water partition coefficient (Wildman–Crippen LogP) is 5.33. The molecule has 0 N–H and O–H groups in total. The third-order valence-electron chi connectivity index (χ3n) is 6.27. The molecule has 4 heteroatoms. The van der Waals surface area contributed by atoms with E-state index < -0.39 is 0 Å². The molecular formula is C25H37N3O. The van der Waals surface area contributed by atoms with Crippen LogP contribution >= 0.6 is 0 Å². The summed E-state index contributed by atoms with van der Waals surface area (Å²) >= 11 is 0. The molecule has 1 aromatic heterocycles. The molecule has 0 amide bonds. The molecule has 1 saturated heterocycles. The molecule has 0 bridgehead atoms. The van der Waals surface area contributed by atoms with Gasteiger partial charge in [0, 0.05) is 18.3 Å². The van der Waals surface area contributed by atoms with Crippen LogP contribution in [0.5, 0.6) is 0 Å². The van der Waals surface area contributed by atoms with Crippen LogP contribution in [0, 0.1) is 5.92 Å². The SMILES string of the molecule is CC(=O)c1ccc(CCCCCN2CCC(Cn3cc(C(C)C)cn3)CC2)cc1. The number of hydrogen-bond acceptors (Lipinski definition) is 3. The number of Topliss-reactive ketones (excluding diaryl/α,β-unsaturated/α-hetero) is 1. The zero-order chi connectivity index (χ0) is 20.6. The number of piperidine rings is 1. The number of aryl methyl sites for hydroxylation is 1. The van der Waals surface area contributed by atoms with Crippen molar-refractivity contribution in [3.05, 3.63) is 53.3 Å². The molecule has 0 spiro atoms. The fourth-order valence-electron chi connectivity index (χ4n) is 4.18. The Morgan fingerprint density at radius 1 is 1.10 bits per heavy atom. The maximum Gasteiger partial charge on any atom is 0.159 e. The average molecular weight is 396 g/mol. The minimum atomic E-state index is 0.144. The maximum atomic E-state index is 11.3. The van der Waals surface area contributed by atoms with Gasteiger partial charge < -0.3 is 4.90 Å². The minimum Gasteiger partial charge on any atom is -0.303 e. The Hall–Kier alpha value is -1.94. The van der Waals surface area contributed by atoms with Crippen LogP contribution in [0.3, 0.4) is 0 Å². The lowest BCUT2D eigenvalue weighted by molar-refractivity contribution is 0.101. The van der Waals surface area contributed by atoms with Gasteiger partial charge in [0.15, 0.2) is 5.78 Å². The second-order valence-electron chi connectivity index (χ2n) is 9.00. The number of carbonyl (C=O) groups is 1. The zero-order valence-electron chi connectivity index (χ0n) is 18.4. The number of unbranched alkanes of at least 4 members (excludes halogenated alkanes) is 2. The van der Waals surface area contributed by atoms with Crippen LogP contribution in [-0.2, 0) is 13.0 Å². The van der Waals surface area contributed by atoms with Crippen molar-refractivity contribution in [2.24, 2.45) is 5.92 Å². The summed E-state index contributed by atoms with van der Waals surface area (Å²) in [6, 6.07) is 8.11. The van der Waals surface area contributed by atoms with Crippen LogP contribution in [0.15, 0.2) is 36.7 Å². The molecule has 1 fully saturated rings. The average Bonchev–Trinajstić information content (AvgIpc) is 3.18. The van der Waals surface area contributed by atoms with Crippen LogP contribution < -0.4 is 0 Å². The van der Waals surface area contributed by atoms with Gasteiger partial charge in [0.05, 0.1) is 6.20 Å². The van der Waals surface area contributed by atoms with E-state index >= 15 is 0 Å². The minimum absolute atomic E-state index is 0.144. The normalized spacial score (nSPS) is 15.9. The van der Waals surface area contributed by atoms with Gasteiger partial charge in [-0.2, -0.15) is 5.10 Å². The summed E-state index contributed by atoms with van der Waals surface area (Å²) in [5.74, 6) is 1.47. The van der Waals surface area contributed by atoms with Crippen molar-refractivity contribution < 1.29 is 4.79 Å². The number of nitrogens with zero attached hydrogens (tertiary/aromatic N) is 3. The van der Waals surface area contributed by atoms with Crippen LogP contribution in [0.2, 0.25) is 0 Å². The monoisotopic (exact) mass is 395 g/mol. The van der Waals surface area contributed by atoms with E-state index in [0.717, 1.165) is 24.4 Å². The Labute approximate surface area is 176 Å². The molecule has 1 aliphatic heterocycles. The van der Waals surface area contributed by atoms with Crippen molar-refractivity contribution in [2.45, 2.75) is 71.8 Å². The van der Waals surface area contributed by atoms with E-state index in [9.17, 15) is 4.79 Å². The van der Waals surface area contributed by atoms with E-state index in [4.69, 9.17) is 0 Å². The zero-order valence-corrected chi connectivity index (χ0v) is 18.4. The summed E-state index contributed by atoms with van der Waals surface area (Å²) in [7, 11) is 0. The van der Waals surface area contributed by atoms with Gasteiger partial charge in [-0.05, 0) is 81.6 Å². The Kier molecular flexibility index (Phi) is 8.05. The molecule has 2 heterocycles. The number of aromatic nitrogens is 2. The summed E-state index contributed by atoms with van der Waals surface area (Å²) in [5, 5.41) is 4.55. The predicted molar refractivity (Wildman–Crippen MR) is 119 cm³/mol. The van der Waals surface area contributed by atoms with E-state index in [0.29, 0.717) is 5.92 Å². The summed E-state index contributed by atoms with van der Waals surface area (Å²) in [5.41, 5.74) is 3.50. The highest BCUT2D eigenvalue weighted by Crippen LogP contribution is 2.21. The van der Waals surface area contributed by atoms with E-state index in [1.54, 1.807) is 6.92 Å². The number of rotatable bonds is 10. The molecule has 1 aromatic carbocycles. The molecule has 0 saturated carbocycles. The van der Waals surface area contributed by atoms with Crippen molar-refractivity contribution in [3.8, 4) is 0 Å². The second kappa shape index (κ2) is 10.7. The summed E-state index contributed by atoms with van der Waals surface area (Å²) in [6.07, 6.45) is 11.7. The summed E-state index contributed by atoms with van der Waals surface area (Å²) < 4.78 is 2.15. The highest BCUT2D eigenvalue weighted by molar-refractivity contribution is 5.93. The largest absolute Gasteiger partial charge is 0.303 e. The number of carbonyl (C=O) groups excluding carboxylic acids is 1. The standard InChI is InChI=1S/C25H37N3O/c1-20(2)25-17-26-28(19-25)18-23-12-15-27(16-13-23)14-6-4-5-7-22-8-10-24(11-9-22)21(3)29/h8-11,17,19-20,23H,4-7,12-16,18H2,1-3H3. The van der Waals surface area contributed by atoms with E-state index in [2.05, 4.69) is 46.9 Å². The Balaban J connectivity index is 1.27. The molecule has 0 unspecified atom stereocenters. The van der Waals surface area contributed by atoms with E-state index in [1.165, 1.54) is 62.9 Å². The van der Waals surface area contributed by atoms with Gasteiger partial charge in [0.25, 0.3) is 0 Å². The van der Waals surface area contributed by atoms with Crippen molar-refractivity contribution in [3.63, 3.8) is 0 Å². The molecule has 0 radical (unpaired) electrons. The van der Waals surface area contributed by atoms with Crippen LogP contribution in [-0.4, -0.2) is 40.1 Å². The fraction of sp³-hybridized carbons (Fsp3) is 0.600. The fourth-order valence-corrected chi connectivity index (χ4v) is 4.18.